The van der Waals surface area contributed by atoms with E-state index in [0.29, 0.717) is 0 Å². The minimum Gasteiger partial charge on any atom is -0.339 e. The molecule has 0 fully saturated rings. The van der Waals surface area contributed by atoms with Gasteiger partial charge in [-0.15, -0.1) is 0 Å². The largest absolute Gasteiger partial charge is 0.357 e. The van der Waals surface area contributed by atoms with Crippen LogP contribution in [0.25, 0.3) is 0 Å². The molecule has 0 bridgehead atoms. The molecular weight excluding hydrogens is 311 g/mol. The second-order valence-electron chi connectivity index (χ2n) is 3.02. The quantitative estimate of drug-likeness (QED) is 0.602. The summed E-state index contributed by atoms with van der Waals surface area (Å²) in [4.78, 5) is 11.0. The van der Waals surface area contributed by atoms with Gasteiger partial charge in [-0.25, -0.2) is 0 Å². The Balaban J connectivity index is 5.21. The lowest BCUT2D eigenvalue weighted by Gasteiger charge is -2.31. The molecule has 17 heavy (non-hydrogen) atoms. The van der Waals surface area contributed by atoms with Crippen molar-refractivity contribution in [3.05, 3.63) is 0 Å². The Morgan fingerprint density at radius 1 is 1.29 bits per heavy atom. The third kappa shape index (κ3) is 5.77. The summed E-state index contributed by atoms with van der Waals surface area (Å²) < 4.78 is 20.4. The standard InChI is InChI=1S/C8H15Cl3NO4P/c1-4-15-17(14,16-5-2)7(8(9,10)11)12-6(3)13/h7H,4-5H2,1-3H3,(H,12,13)/t7-/m0/s1. The zero-order valence-corrected chi connectivity index (χ0v) is 12.9. The first-order chi connectivity index (χ1) is 7.67. The summed E-state index contributed by atoms with van der Waals surface area (Å²) in [6.45, 7) is 4.66. The highest BCUT2D eigenvalue weighted by atomic mass is 35.6. The van der Waals surface area contributed by atoms with Gasteiger partial charge in [0.1, 0.15) is 0 Å². The minimum absolute atomic E-state index is 0.105. The highest BCUT2D eigenvalue weighted by Crippen LogP contribution is 2.58. The fraction of sp³-hybridized carbons (Fsp3) is 0.875. The molecule has 1 N–H and O–H groups in total. The van der Waals surface area contributed by atoms with Crippen molar-refractivity contribution in [1.29, 1.82) is 0 Å². The van der Waals surface area contributed by atoms with Crippen molar-refractivity contribution >= 4 is 48.3 Å². The smallest absolute Gasteiger partial charge is 0.339 e. The first-order valence-corrected chi connectivity index (χ1v) is 7.64. The minimum atomic E-state index is -3.73. The number of halogens is 3. The van der Waals surface area contributed by atoms with Crippen molar-refractivity contribution in [3.8, 4) is 0 Å². The lowest BCUT2D eigenvalue weighted by Crippen LogP contribution is -2.43. The summed E-state index contributed by atoms with van der Waals surface area (Å²) in [5.41, 5.74) is 0. The van der Waals surface area contributed by atoms with Crippen molar-refractivity contribution < 1.29 is 18.4 Å². The van der Waals surface area contributed by atoms with E-state index in [1.165, 1.54) is 6.92 Å². The molecule has 0 aliphatic heterocycles. The van der Waals surface area contributed by atoms with Crippen LogP contribution in [-0.4, -0.2) is 28.7 Å². The highest BCUT2D eigenvalue weighted by molar-refractivity contribution is 7.55. The molecule has 0 rings (SSSR count). The van der Waals surface area contributed by atoms with E-state index in [1.54, 1.807) is 13.8 Å². The zero-order chi connectivity index (χ0) is 13.7. The maximum atomic E-state index is 12.4. The number of carbonyl (C=O) groups excluding carboxylic acids is 1. The van der Waals surface area contributed by atoms with Crippen LogP contribution in [0.2, 0.25) is 0 Å². The molecule has 1 amide bonds. The first-order valence-electron chi connectivity index (χ1n) is 4.90. The Morgan fingerprint density at radius 3 is 1.94 bits per heavy atom. The lowest BCUT2D eigenvalue weighted by molar-refractivity contribution is -0.119. The summed E-state index contributed by atoms with van der Waals surface area (Å²) in [6.07, 6.45) is 0. The van der Waals surface area contributed by atoms with Gasteiger partial charge in [-0.2, -0.15) is 0 Å². The molecule has 0 heterocycles. The van der Waals surface area contributed by atoms with Gasteiger partial charge >= 0.3 is 7.60 Å². The van der Waals surface area contributed by atoms with E-state index in [-0.39, 0.29) is 13.2 Å². The van der Waals surface area contributed by atoms with Crippen LogP contribution in [-0.2, 0) is 18.4 Å². The zero-order valence-electron chi connectivity index (χ0n) is 9.71. The summed E-state index contributed by atoms with van der Waals surface area (Å²) >= 11 is 17.0. The second-order valence-corrected chi connectivity index (χ2v) is 7.50. The average Bonchev–Trinajstić information content (AvgIpc) is 2.13. The van der Waals surface area contributed by atoms with Crippen LogP contribution in [0.1, 0.15) is 20.8 Å². The van der Waals surface area contributed by atoms with E-state index >= 15 is 0 Å². The third-order valence-corrected chi connectivity index (χ3v) is 5.08. The van der Waals surface area contributed by atoms with Crippen LogP contribution < -0.4 is 5.32 Å². The molecule has 5 nitrogen and oxygen atoms in total. The molecule has 1 atom stereocenters. The van der Waals surface area contributed by atoms with Crippen LogP contribution >= 0.6 is 42.4 Å². The normalized spacial score (nSPS) is 14.5. The summed E-state index contributed by atoms with van der Waals surface area (Å²) in [5, 5.41) is 2.28. The molecule has 0 aromatic carbocycles. The van der Waals surface area contributed by atoms with E-state index in [1.807, 2.05) is 0 Å². The number of carbonyl (C=O) groups is 1. The number of amides is 1. The molecule has 0 saturated heterocycles. The number of alkyl halides is 3. The molecule has 0 saturated carbocycles. The van der Waals surface area contributed by atoms with Gasteiger partial charge in [0.25, 0.3) is 0 Å². The van der Waals surface area contributed by atoms with Crippen LogP contribution in [0.4, 0.5) is 0 Å². The van der Waals surface area contributed by atoms with E-state index in [2.05, 4.69) is 5.32 Å². The van der Waals surface area contributed by atoms with Crippen LogP contribution in [0.5, 0.6) is 0 Å². The molecule has 0 aromatic rings. The van der Waals surface area contributed by atoms with Gasteiger partial charge in [0.05, 0.1) is 13.2 Å². The average molecular weight is 327 g/mol. The molecular formula is C8H15Cl3NO4P. The second kappa shape index (κ2) is 7.17. The third-order valence-electron chi connectivity index (χ3n) is 1.58. The Kier molecular flexibility index (Phi) is 7.38. The lowest BCUT2D eigenvalue weighted by atomic mass is 10.6. The molecule has 0 spiro atoms. The Hall–Kier alpha value is 0.490. The molecule has 0 aliphatic carbocycles. The molecule has 0 aromatic heterocycles. The van der Waals surface area contributed by atoms with Crippen molar-refractivity contribution in [3.63, 3.8) is 0 Å². The van der Waals surface area contributed by atoms with Crippen molar-refractivity contribution in [2.75, 3.05) is 13.2 Å². The molecule has 0 aliphatic rings. The van der Waals surface area contributed by atoms with Gasteiger partial charge in [0.15, 0.2) is 5.78 Å². The van der Waals surface area contributed by atoms with Gasteiger partial charge in [-0.05, 0) is 13.8 Å². The van der Waals surface area contributed by atoms with Gasteiger partial charge in [-0.3, -0.25) is 9.36 Å². The van der Waals surface area contributed by atoms with E-state index in [0.717, 1.165) is 0 Å². The number of hydrogen-bond donors (Lipinski definition) is 1. The maximum absolute atomic E-state index is 12.4. The fourth-order valence-corrected chi connectivity index (χ4v) is 4.11. The van der Waals surface area contributed by atoms with E-state index in [4.69, 9.17) is 43.9 Å². The predicted molar refractivity (Wildman–Crippen MR) is 68.8 cm³/mol. The van der Waals surface area contributed by atoms with Crippen molar-refractivity contribution in [2.45, 2.75) is 30.3 Å². The Labute approximate surface area is 116 Å². The summed E-state index contributed by atoms with van der Waals surface area (Å²) in [5.74, 6) is -1.85. The number of nitrogens with one attached hydrogen (secondary N) is 1. The maximum Gasteiger partial charge on any atom is 0.357 e. The number of hydrogen-bond acceptors (Lipinski definition) is 4. The topological polar surface area (TPSA) is 64.6 Å². The van der Waals surface area contributed by atoms with Gasteiger partial charge < -0.3 is 14.4 Å². The molecule has 102 valence electrons. The van der Waals surface area contributed by atoms with Crippen molar-refractivity contribution in [2.24, 2.45) is 0 Å². The van der Waals surface area contributed by atoms with Crippen LogP contribution in [0.15, 0.2) is 0 Å². The summed E-state index contributed by atoms with van der Waals surface area (Å²) in [7, 11) is -3.73. The SMILES string of the molecule is CCOP(=O)(OCC)[C@H](NC(C)=O)C(Cl)(Cl)Cl. The van der Waals surface area contributed by atoms with E-state index in [9.17, 15) is 9.36 Å². The first kappa shape index (κ1) is 17.5. The fourth-order valence-electron chi connectivity index (χ4n) is 1.08. The summed E-state index contributed by atoms with van der Waals surface area (Å²) in [6, 6.07) is 0. The molecule has 9 heteroatoms. The van der Waals surface area contributed by atoms with Gasteiger partial charge in [0, 0.05) is 6.92 Å². The Morgan fingerprint density at radius 2 is 1.71 bits per heavy atom. The van der Waals surface area contributed by atoms with E-state index < -0.39 is 23.1 Å². The Bertz CT molecular complexity index is 298. The van der Waals surface area contributed by atoms with Gasteiger partial charge in [0.2, 0.25) is 9.70 Å². The van der Waals surface area contributed by atoms with Crippen LogP contribution in [0, 0.1) is 0 Å². The van der Waals surface area contributed by atoms with Crippen molar-refractivity contribution in [1.82, 2.24) is 5.32 Å². The van der Waals surface area contributed by atoms with Gasteiger partial charge in [-0.1, -0.05) is 34.8 Å². The molecule has 0 unspecified atom stereocenters. The molecule has 0 radical (unpaired) electrons. The highest BCUT2D eigenvalue weighted by Gasteiger charge is 2.49. The number of rotatable bonds is 6. The predicted octanol–water partition coefficient (Wildman–Crippen LogP) is 3.08. The monoisotopic (exact) mass is 325 g/mol. The van der Waals surface area contributed by atoms with Crippen LogP contribution in [0.3, 0.4) is 0 Å².